The third-order valence-electron chi connectivity index (χ3n) is 3.83. The zero-order chi connectivity index (χ0) is 21.6. The maximum atomic E-state index is 12.4. The number of carbonyl (C=O) groups is 2. The lowest BCUT2D eigenvalue weighted by Crippen LogP contribution is -2.40. The highest BCUT2D eigenvalue weighted by atomic mass is 16.5. The fourth-order valence-electron chi connectivity index (χ4n) is 2.31. The lowest BCUT2D eigenvalue weighted by molar-refractivity contribution is -0.122. The molecule has 3 rings (SSSR count). The summed E-state index contributed by atoms with van der Waals surface area (Å²) in [6.07, 6.45) is 0. The van der Waals surface area contributed by atoms with Gasteiger partial charge in [0.15, 0.2) is 5.82 Å². The van der Waals surface area contributed by atoms with E-state index in [0.717, 1.165) is 20.8 Å². The smallest absolute Gasteiger partial charge is 0.331 e. The van der Waals surface area contributed by atoms with Crippen molar-refractivity contribution in [3.05, 3.63) is 56.9 Å². The normalized spacial score (nSPS) is 9.90. The predicted octanol–water partition coefficient (Wildman–Crippen LogP) is -0.169. The zero-order valence-corrected chi connectivity index (χ0v) is 15.7. The highest BCUT2D eigenvalue weighted by Crippen LogP contribution is 2.19. The third-order valence-corrected chi connectivity index (χ3v) is 3.83. The molecule has 0 aliphatic rings. The van der Waals surface area contributed by atoms with Crippen LogP contribution in [0.2, 0.25) is 0 Å². The third kappa shape index (κ3) is 4.74. The highest BCUT2D eigenvalue weighted by Gasteiger charge is 2.16. The van der Waals surface area contributed by atoms with E-state index in [4.69, 9.17) is 14.6 Å². The molecule has 0 fully saturated rings. The summed E-state index contributed by atoms with van der Waals surface area (Å²) in [5, 5.41) is 16.0. The number of hydrogen-bond acceptors (Lipinski definition) is 7. The average Bonchev–Trinajstić information content (AvgIpc) is 3.18. The maximum Gasteiger partial charge on any atom is 0.331 e. The van der Waals surface area contributed by atoms with Crippen molar-refractivity contribution in [2.45, 2.75) is 0 Å². The summed E-state index contributed by atoms with van der Waals surface area (Å²) in [6.45, 7) is -0.250. The summed E-state index contributed by atoms with van der Waals surface area (Å²) in [5.41, 5.74) is -0.516. The van der Waals surface area contributed by atoms with Crippen molar-refractivity contribution in [1.29, 1.82) is 0 Å². The van der Waals surface area contributed by atoms with E-state index in [9.17, 15) is 14.4 Å². The molecule has 0 radical (unpaired) electrons. The second-order valence-electron chi connectivity index (χ2n) is 5.56. The molecule has 1 aromatic carbocycles. The molecule has 0 aliphatic heterocycles. The molecule has 12 nitrogen and oxygen atoms in total. The molecule has 0 atom stereocenters. The van der Waals surface area contributed by atoms with Gasteiger partial charge in [0, 0.05) is 25.7 Å². The Morgan fingerprint density at radius 1 is 1.21 bits per heavy atom. The Kier molecular flexibility index (Phi) is 6.63. The van der Waals surface area contributed by atoms with Crippen molar-refractivity contribution in [2.75, 3.05) is 12.4 Å². The van der Waals surface area contributed by atoms with Gasteiger partial charge in [-0.3, -0.25) is 33.9 Å². The van der Waals surface area contributed by atoms with Gasteiger partial charge in [0.1, 0.15) is 11.4 Å². The van der Waals surface area contributed by atoms with Crippen LogP contribution in [-0.2, 0) is 18.9 Å². The van der Waals surface area contributed by atoms with Gasteiger partial charge in [0.05, 0.1) is 7.11 Å². The number of hydrogen-bond donors (Lipinski definition) is 3. The number of carboxylic acid groups (broad SMARTS) is 1. The molecule has 3 aromatic rings. The molecule has 0 bridgehead atoms. The van der Waals surface area contributed by atoms with Crippen molar-refractivity contribution in [2.24, 2.45) is 14.1 Å². The lowest BCUT2D eigenvalue weighted by Gasteiger charge is -2.07. The molecule has 0 unspecified atom stereocenters. The first kappa shape index (κ1) is 21.1. The molecule has 0 saturated heterocycles. The van der Waals surface area contributed by atoms with Crippen molar-refractivity contribution < 1.29 is 19.4 Å². The number of benzene rings is 1. The fourth-order valence-corrected chi connectivity index (χ4v) is 2.31. The topological polar surface area (TPSA) is 161 Å². The molecule has 3 N–H and O–H groups in total. The van der Waals surface area contributed by atoms with E-state index < -0.39 is 17.2 Å². The Balaban J connectivity index is 0.000000941. The number of amides is 1. The number of methoxy groups -OCH3 is 1. The lowest BCUT2D eigenvalue weighted by atomic mass is 10.2. The van der Waals surface area contributed by atoms with Crippen molar-refractivity contribution >= 4 is 18.3 Å². The molecule has 0 saturated carbocycles. The molecule has 152 valence electrons. The van der Waals surface area contributed by atoms with Crippen LogP contribution >= 0.6 is 0 Å². The summed E-state index contributed by atoms with van der Waals surface area (Å²) < 4.78 is 7.08. The van der Waals surface area contributed by atoms with E-state index in [1.54, 1.807) is 31.4 Å². The molecule has 1 amide bonds. The van der Waals surface area contributed by atoms with Crippen LogP contribution in [-0.4, -0.2) is 48.9 Å². The summed E-state index contributed by atoms with van der Waals surface area (Å²) >= 11 is 0. The van der Waals surface area contributed by atoms with Gasteiger partial charge in [-0.2, -0.15) is 4.98 Å². The van der Waals surface area contributed by atoms with Gasteiger partial charge in [-0.25, -0.2) is 4.79 Å². The van der Waals surface area contributed by atoms with E-state index in [-0.39, 0.29) is 18.1 Å². The number of aromatic amines is 1. The number of anilines is 1. The largest absolute Gasteiger partial charge is 0.497 e. The average molecular weight is 402 g/mol. The first-order chi connectivity index (χ1) is 13.8. The Labute approximate surface area is 163 Å². The van der Waals surface area contributed by atoms with E-state index in [2.05, 4.69) is 20.5 Å². The first-order valence-corrected chi connectivity index (χ1v) is 8.05. The van der Waals surface area contributed by atoms with E-state index in [0.29, 0.717) is 11.6 Å². The second kappa shape index (κ2) is 9.12. The number of rotatable bonds is 4. The molecule has 0 aliphatic carbocycles. The van der Waals surface area contributed by atoms with Gasteiger partial charge in [0.25, 0.3) is 17.9 Å². The maximum absolute atomic E-state index is 12.4. The second-order valence-corrected chi connectivity index (χ2v) is 5.56. The Bertz CT molecular complexity index is 1130. The van der Waals surface area contributed by atoms with Gasteiger partial charge in [-0.05, 0) is 24.3 Å². The molecule has 2 heterocycles. The van der Waals surface area contributed by atoms with Crippen molar-refractivity contribution in [3.8, 4) is 17.1 Å². The van der Waals surface area contributed by atoms with Gasteiger partial charge in [0.2, 0.25) is 5.95 Å². The van der Waals surface area contributed by atoms with Crippen LogP contribution in [0.4, 0.5) is 5.95 Å². The van der Waals surface area contributed by atoms with Crippen LogP contribution in [0.25, 0.3) is 11.4 Å². The quantitative estimate of drug-likeness (QED) is 0.507. The number of ether oxygens (including phenoxy) is 1. The molecular formula is C17H18N6O6. The Hall–Kier alpha value is -4.22. The number of carbonyl (C=O) groups excluding carboxylic acids is 1. The number of aromatic nitrogens is 5. The fraction of sp³-hybridized carbons (Fsp3) is 0.176. The molecule has 0 spiro atoms. The first-order valence-electron chi connectivity index (χ1n) is 8.05. The van der Waals surface area contributed by atoms with Gasteiger partial charge >= 0.3 is 5.69 Å². The van der Waals surface area contributed by atoms with Crippen LogP contribution in [0.3, 0.4) is 0 Å². The van der Waals surface area contributed by atoms with Gasteiger partial charge < -0.3 is 9.84 Å². The van der Waals surface area contributed by atoms with Crippen molar-refractivity contribution in [1.82, 2.24) is 24.3 Å². The Morgan fingerprint density at radius 2 is 1.83 bits per heavy atom. The van der Waals surface area contributed by atoms with Crippen LogP contribution in [0, 0.1) is 0 Å². The SMILES string of the molecule is COc1ccc(-c2nc(NC(=O)c3cc(=O)n(C)c(=O)n3C)n[nH]2)cc1.O=CO. The predicted molar refractivity (Wildman–Crippen MR) is 102 cm³/mol. The monoisotopic (exact) mass is 402 g/mol. The minimum atomic E-state index is -0.664. The highest BCUT2D eigenvalue weighted by molar-refractivity contribution is 6.02. The van der Waals surface area contributed by atoms with E-state index >= 15 is 0 Å². The van der Waals surface area contributed by atoms with Crippen LogP contribution in [0.1, 0.15) is 10.5 Å². The molecular weight excluding hydrogens is 384 g/mol. The van der Waals surface area contributed by atoms with Crippen LogP contribution < -0.4 is 21.3 Å². The van der Waals surface area contributed by atoms with E-state index in [1.165, 1.54) is 14.1 Å². The van der Waals surface area contributed by atoms with Crippen molar-refractivity contribution in [3.63, 3.8) is 0 Å². The number of nitrogens with one attached hydrogen (secondary N) is 2. The summed E-state index contributed by atoms with van der Waals surface area (Å²) in [4.78, 5) is 48.5. The van der Waals surface area contributed by atoms with Crippen LogP contribution in [0.5, 0.6) is 5.75 Å². The minimum absolute atomic E-state index is 0.0222. The zero-order valence-electron chi connectivity index (χ0n) is 15.7. The number of H-pyrrole nitrogens is 1. The standard InChI is InChI=1S/C16H16N6O4.CH2O2/c1-21-11(8-12(23)22(2)16(21)25)14(24)18-15-17-13(19-20-15)9-4-6-10(26-3)7-5-9;2-1-3/h4-8H,1-3H3,(H2,17,18,19,20,24);1H,(H,2,3). The molecule has 12 heteroatoms. The molecule has 29 heavy (non-hydrogen) atoms. The number of nitrogens with zero attached hydrogens (tertiary/aromatic N) is 4. The summed E-state index contributed by atoms with van der Waals surface area (Å²) in [6, 6.07) is 8.19. The van der Waals surface area contributed by atoms with E-state index in [1.807, 2.05) is 0 Å². The molecule has 2 aromatic heterocycles. The van der Waals surface area contributed by atoms with Gasteiger partial charge in [-0.15, -0.1) is 5.10 Å². The summed E-state index contributed by atoms with van der Waals surface area (Å²) in [7, 11) is 4.31. The Morgan fingerprint density at radius 3 is 2.41 bits per heavy atom. The van der Waals surface area contributed by atoms with Crippen LogP contribution in [0.15, 0.2) is 39.9 Å². The summed E-state index contributed by atoms with van der Waals surface area (Å²) in [5.74, 6) is 0.505. The van der Waals surface area contributed by atoms with Gasteiger partial charge in [-0.1, -0.05) is 0 Å². The minimum Gasteiger partial charge on any atom is -0.497 e.